The third-order valence-corrected chi connectivity index (χ3v) is 9.24. The largest absolute Gasteiger partial charge is 0.472 e. The van der Waals surface area contributed by atoms with Crippen molar-refractivity contribution >= 4 is 13.8 Å². The Hall–Kier alpha value is -1.18. The van der Waals surface area contributed by atoms with E-state index >= 15 is 0 Å². The maximum atomic E-state index is 12.7. The van der Waals surface area contributed by atoms with Crippen LogP contribution in [-0.2, 0) is 27.9 Å². The number of ether oxygens (including phenoxy) is 2. The van der Waals surface area contributed by atoms with Gasteiger partial charge in [0.2, 0.25) is 0 Å². The van der Waals surface area contributed by atoms with Crippen LogP contribution in [0.5, 0.6) is 0 Å². The molecule has 0 aliphatic heterocycles. The average molecular weight is 709 g/mol. The summed E-state index contributed by atoms with van der Waals surface area (Å²) in [6.45, 7) is 4.07. The van der Waals surface area contributed by atoms with E-state index in [1.165, 1.54) is 19.3 Å². The fraction of sp³-hybridized carbons (Fsp3) is 0.857. The first-order chi connectivity index (χ1) is 23.0. The zero-order valence-electron chi connectivity index (χ0n) is 29.3. The number of phosphoric acid groups is 1. The molecule has 48 heavy (non-hydrogen) atoms. The fourth-order valence-electron chi connectivity index (χ4n) is 5.30. The molecule has 1 rings (SSSR count). The van der Waals surface area contributed by atoms with E-state index in [-0.39, 0.29) is 13.0 Å². The first kappa shape index (κ1) is 44.8. The molecule has 0 saturated heterocycles. The van der Waals surface area contributed by atoms with Crippen LogP contribution in [0, 0.1) is 0 Å². The summed E-state index contributed by atoms with van der Waals surface area (Å²) in [5.74, 6) is -0.494. The zero-order valence-corrected chi connectivity index (χ0v) is 30.2. The van der Waals surface area contributed by atoms with Gasteiger partial charge >= 0.3 is 13.8 Å². The molecule has 0 aromatic heterocycles. The summed E-state index contributed by atoms with van der Waals surface area (Å²) in [4.78, 5) is 22.9. The van der Waals surface area contributed by atoms with E-state index in [1.807, 2.05) is 0 Å². The summed E-state index contributed by atoms with van der Waals surface area (Å²) >= 11 is 0. The predicted molar refractivity (Wildman–Crippen MR) is 184 cm³/mol. The molecule has 6 atom stereocenters. The van der Waals surface area contributed by atoms with Gasteiger partial charge in [0.15, 0.2) is 0 Å². The van der Waals surface area contributed by atoms with Crippen molar-refractivity contribution in [3.63, 3.8) is 0 Å². The molecule has 0 amide bonds. The number of esters is 1. The Kier molecular flexibility index (Phi) is 25.7. The van der Waals surface area contributed by atoms with Gasteiger partial charge in [-0.2, -0.15) is 0 Å². The number of aliphatic hydroxyl groups excluding tert-OH is 5. The lowest BCUT2D eigenvalue weighted by Crippen LogP contribution is -2.64. The Balaban J connectivity index is 2.52. The van der Waals surface area contributed by atoms with Crippen LogP contribution in [0.3, 0.4) is 0 Å². The van der Waals surface area contributed by atoms with Crippen LogP contribution < -0.4 is 0 Å². The van der Waals surface area contributed by atoms with Crippen molar-refractivity contribution in [2.45, 2.75) is 172 Å². The van der Waals surface area contributed by atoms with E-state index < -0.39 is 63.1 Å². The molecule has 13 heteroatoms. The number of allylic oxidation sites excluding steroid dienone is 4. The van der Waals surface area contributed by atoms with Crippen LogP contribution in [0.15, 0.2) is 24.3 Å². The van der Waals surface area contributed by atoms with Crippen LogP contribution in [-0.4, -0.2) is 98.9 Å². The molecule has 6 N–H and O–H groups in total. The van der Waals surface area contributed by atoms with Crippen molar-refractivity contribution in [1.29, 1.82) is 0 Å². The molecule has 0 aromatic carbocycles. The summed E-state index contributed by atoms with van der Waals surface area (Å²) in [6.07, 6.45) is 14.2. The normalized spacial score (nSPS) is 25.1. The van der Waals surface area contributed by atoms with E-state index in [1.54, 1.807) is 0 Å². The standard InChI is InChI=1S/C35H65O12P/c1-3-5-7-9-11-13-15-17-19-21-23-25-44-26-28(46-29(36)24-22-20-18-16-14-12-10-8-6-4-2)27-45-48(42,43)47-35-33(40)31(38)30(37)32(39)34(35)41/h7-10,28,30-35,37-41H,3-6,11-27H2,1-2H3,(H,42,43)/b9-7-,10-8-. The Labute approximate surface area is 288 Å². The van der Waals surface area contributed by atoms with Gasteiger partial charge < -0.3 is 39.9 Å². The highest BCUT2D eigenvalue weighted by atomic mass is 31.2. The van der Waals surface area contributed by atoms with Crippen molar-refractivity contribution in [3.8, 4) is 0 Å². The molecular weight excluding hydrogens is 643 g/mol. The average Bonchev–Trinajstić information content (AvgIpc) is 3.06. The van der Waals surface area contributed by atoms with Gasteiger partial charge in [0.05, 0.1) is 13.2 Å². The highest BCUT2D eigenvalue weighted by Crippen LogP contribution is 2.47. The maximum absolute atomic E-state index is 12.7. The summed E-state index contributed by atoms with van der Waals surface area (Å²) in [6, 6.07) is 0. The summed E-state index contributed by atoms with van der Waals surface area (Å²) in [5.41, 5.74) is 0. The molecule has 1 aliphatic rings. The van der Waals surface area contributed by atoms with E-state index in [0.717, 1.165) is 83.5 Å². The van der Waals surface area contributed by atoms with Gasteiger partial charge in [0.1, 0.15) is 42.7 Å². The van der Waals surface area contributed by atoms with Crippen molar-refractivity contribution in [3.05, 3.63) is 24.3 Å². The third-order valence-electron chi connectivity index (χ3n) is 8.26. The number of hydrogen-bond acceptors (Lipinski definition) is 11. The smallest absolute Gasteiger partial charge is 0.457 e. The molecule has 12 nitrogen and oxygen atoms in total. The first-order valence-electron chi connectivity index (χ1n) is 18.2. The van der Waals surface area contributed by atoms with Crippen LogP contribution in [0.4, 0.5) is 0 Å². The van der Waals surface area contributed by atoms with Gasteiger partial charge in [0.25, 0.3) is 0 Å². The topological polar surface area (TPSA) is 192 Å². The second kappa shape index (κ2) is 27.5. The quantitative estimate of drug-likeness (QED) is 0.0251. The SMILES string of the molecule is CCC/C=C\CCCCCCCCOCC(COP(=O)(O)OC1C(O)C(O)C(O)C(O)C1O)OC(=O)CCCCCCC/C=C\CCC. The number of unbranched alkanes of at least 4 members (excludes halogenated alkanes) is 13. The van der Waals surface area contributed by atoms with Crippen LogP contribution >= 0.6 is 7.82 Å². The first-order valence-corrected chi connectivity index (χ1v) is 19.7. The van der Waals surface area contributed by atoms with Crippen molar-refractivity contribution in [2.24, 2.45) is 0 Å². The molecule has 6 unspecified atom stereocenters. The van der Waals surface area contributed by atoms with Gasteiger partial charge in [-0.1, -0.05) is 95.9 Å². The molecule has 0 radical (unpaired) electrons. The van der Waals surface area contributed by atoms with Crippen molar-refractivity contribution < 1.29 is 58.3 Å². The number of hydrogen-bond donors (Lipinski definition) is 6. The Morgan fingerprint density at radius 1 is 0.646 bits per heavy atom. The number of aliphatic hydroxyl groups is 5. The lowest BCUT2D eigenvalue weighted by atomic mass is 9.85. The monoisotopic (exact) mass is 708 g/mol. The molecule has 0 spiro atoms. The van der Waals surface area contributed by atoms with Crippen LogP contribution in [0.1, 0.15) is 129 Å². The molecule has 0 aromatic rings. The Morgan fingerprint density at radius 2 is 1.10 bits per heavy atom. The number of rotatable bonds is 29. The molecule has 1 saturated carbocycles. The molecule has 282 valence electrons. The van der Waals surface area contributed by atoms with Crippen molar-refractivity contribution in [2.75, 3.05) is 19.8 Å². The zero-order chi connectivity index (χ0) is 35.6. The third kappa shape index (κ3) is 20.5. The minimum atomic E-state index is -5.00. The van der Waals surface area contributed by atoms with E-state index in [0.29, 0.717) is 13.0 Å². The van der Waals surface area contributed by atoms with Gasteiger partial charge in [-0.3, -0.25) is 13.8 Å². The minimum absolute atomic E-state index is 0.0836. The highest BCUT2D eigenvalue weighted by molar-refractivity contribution is 7.47. The lowest BCUT2D eigenvalue weighted by Gasteiger charge is -2.41. The molecule has 1 fully saturated rings. The number of phosphoric ester groups is 1. The molecular formula is C35H65O12P. The van der Waals surface area contributed by atoms with Gasteiger partial charge in [-0.25, -0.2) is 4.57 Å². The fourth-order valence-corrected chi connectivity index (χ4v) is 6.27. The molecule has 1 aliphatic carbocycles. The maximum Gasteiger partial charge on any atom is 0.472 e. The summed E-state index contributed by atoms with van der Waals surface area (Å²) < 4.78 is 33.8. The van der Waals surface area contributed by atoms with Crippen molar-refractivity contribution in [1.82, 2.24) is 0 Å². The highest BCUT2D eigenvalue weighted by Gasteiger charge is 2.51. The molecule has 0 heterocycles. The van der Waals surface area contributed by atoms with Gasteiger partial charge in [-0.05, 0) is 51.4 Å². The molecule has 0 bridgehead atoms. The van der Waals surface area contributed by atoms with Crippen LogP contribution in [0.2, 0.25) is 0 Å². The van der Waals surface area contributed by atoms with E-state index in [2.05, 4.69) is 38.2 Å². The van der Waals surface area contributed by atoms with Gasteiger partial charge in [-0.15, -0.1) is 0 Å². The van der Waals surface area contributed by atoms with E-state index in [4.69, 9.17) is 18.5 Å². The Morgan fingerprint density at radius 3 is 1.65 bits per heavy atom. The Bertz CT molecular complexity index is 900. The minimum Gasteiger partial charge on any atom is -0.457 e. The predicted octanol–water partition coefficient (Wildman–Crippen LogP) is 5.41. The second-order valence-corrected chi connectivity index (χ2v) is 14.1. The van der Waals surface area contributed by atoms with Gasteiger partial charge in [0, 0.05) is 13.0 Å². The second-order valence-electron chi connectivity index (χ2n) is 12.7. The lowest BCUT2D eigenvalue weighted by molar-refractivity contribution is -0.220. The number of carbonyl (C=O) groups is 1. The summed E-state index contributed by atoms with van der Waals surface area (Å²) in [5, 5.41) is 49.8. The number of carbonyl (C=O) groups excluding carboxylic acids is 1. The van der Waals surface area contributed by atoms with E-state index in [9.17, 15) is 39.8 Å². The van der Waals surface area contributed by atoms with Crippen LogP contribution in [0.25, 0.3) is 0 Å². The summed E-state index contributed by atoms with van der Waals surface area (Å²) in [7, 11) is -5.00.